The fraction of sp³-hybridized carbons (Fsp3) is 0.381. The number of amides is 2. The lowest BCUT2D eigenvalue weighted by atomic mass is 9.99. The topological polar surface area (TPSA) is 143 Å². The van der Waals surface area contributed by atoms with Crippen LogP contribution >= 0.6 is 0 Å². The summed E-state index contributed by atoms with van der Waals surface area (Å²) in [7, 11) is 3.64. The molecule has 2 aliphatic rings. The predicted molar refractivity (Wildman–Crippen MR) is 121 cm³/mol. The zero-order chi connectivity index (χ0) is 25.8. The van der Waals surface area contributed by atoms with E-state index in [9.17, 15) is 9.59 Å². The second kappa shape index (κ2) is 7.80. The first-order chi connectivity index (χ1) is 17.0. The van der Waals surface area contributed by atoms with E-state index in [4.69, 9.17) is 4.11 Å². The minimum atomic E-state index is -2.73. The Labute approximate surface area is 194 Å². The summed E-state index contributed by atoms with van der Waals surface area (Å²) >= 11 is 0. The van der Waals surface area contributed by atoms with Gasteiger partial charge in [0.25, 0.3) is 5.91 Å². The number of carbonyl (C=O) groups is 2. The van der Waals surface area contributed by atoms with Crippen molar-refractivity contribution < 1.29 is 13.7 Å². The largest absolute Gasteiger partial charge is 0.363 e. The second-order valence-corrected chi connectivity index (χ2v) is 8.10. The summed E-state index contributed by atoms with van der Waals surface area (Å²) in [6.07, 6.45) is 3.20. The van der Waals surface area contributed by atoms with E-state index in [0.717, 1.165) is 24.1 Å². The van der Waals surface area contributed by atoms with Gasteiger partial charge in [0.15, 0.2) is 17.3 Å². The second-order valence-electron chi connectivity index (χ2n) is 8.10. The molecule has 2 amide bonds. The molecule has 12 heteroatoms. The van der Waals surface area contributed by atoms with Gasteiger partial charge in [0.2, 0.25) is 5.91 Å². The average molecular weight is 452 g/mol. The molecule has 1 saturated carbocycles. The number of hydrogen-bond donors (Lipinski definition) is 3. The van der Waals surface area contributed by atoms with E-state index in [1.807, 2.05) is 30.3 Å². The SMILES string of the molecule is [2H]C([2H])([2H])NC(=O)c1nnc(NC(=O)C2CC2)cc1Nc1nccc2c1N(C)[C@H](C)c1nn(C)nc1-2. The summed E-state index contributed by atoms with van der Waals surface area (Å²) in [4.78, 5) is 33.0. The smallest absolute Gasteiger partial charge is 0.273 e. The van der Waals surface area contributed by atoms with Crippen LogP contribution in [0.25, 0.3) is 11.3 Å². The molecule has 3 N–H and O–H groups in total. The van der Waals surface area contributed by atoms with Gasteiger partial charge in [-0.3, -0.25) is 9.59 Å². The number of hydrogen-bond acceptors (Lipinski definition) is 9. The zero-order valence-corrected chi connectivity index (χ0v) is 18.2. The summed E-state index contributed by atoms with van der Waals surface area (Å²) in [5.41, 5.74) is 2.90. The predicted octanol–water partition coefficient (Wildman–Crippen LogP) is 1.63. The third kappa shape index (κ3) is 3.62. The van der Waals surface area contributed by atoms with E-state index < -0.39 is 12.9 Å². The summed E-state index contributed by atoms with van der Waals surface area (Å²) in [6.45, 7) is -0.737. The van der Waals surface area contributed by atoms with E-state index >= 15 is 0 Å². The van der Waals surface area contributed by atoms with Gasteiger partial charge in [0.1, 0.15) is 11.4 Å². The highest BCUT2D eigenvalue weighted by Gasteiger charge is 2.33. The highest BCUT2D eigenvalue weighted by molar-refractivity contribution is 6.00. The van der Waals surface area contributed by atoms with Gasteiger partial charge in [-0.25, -0.2) is 4.98 Å². The van der Waals surface area contributed by atoms with Crippen LogP contribution in [0.4, 0.5) is 23.0 Å². The Morgan fingerprint density at radius 2 is 2.03 bits per heavy atom. The first-order valence-electron chi connectivity index (χ1n) is 11.9. The molecule has 3 aromatic heterocycles. The fourth-order valence-electron chi connectivity index (χ4n) is 3.84. The molecule has 0 saturated heterocycles. The summed E-state index contributed by atoms with van der Waals surface area (Å²) in [6, 6.07) is 3.14. The Balaban J connectivity index is 1.56. The summed E-state index contributed by atoms with van der Waals surface area (Å²) < 4.78 is 22.1. The van der Waals surface area contributed by atoms with Gasteiger partial charge in [0.05, 0.1) is 17.4 Å². The maximum atomic E-state index is 12.7. The maximum absolute atomic E-state index is 12.7. The lowest BCUT2D eigenvalue weighted by molar-refractivity contribution is -0.117. The quantitative estimate of drug-likeness (QED) is 0.527. The van der Waals surface area contributed by atoms with Crippen LogP contribution in [0, 0.1) is 5.92 Å². The van der Waals surface area contributed by atoms with Gasteiger partial charge in [0, 0.05) is 48.9 Å². The lowest BCUT2D eigenvalue weighted by Gasteiger charge is -2.33. The summed E-state index contributed by atoms with van der Waals surface area (Å²) in [5, 5.41) is 24.5. The number of fused-ring (bicyclic) bond motifs is 3. The molecule has 1 atom stereocenters. The Kier molecular flexibility index (Phi) is 4.13. The monoisotopic (exact) mass is 451 g/mol. The first kappa shape index (κ1) is 17.5. The number of carbonyl (C=O) groups excluding carboxylic acids is 2. The molecule has 0 bridgehead atoms. The summed E-state index contributed by atoms with van der Waals surface area (Å²) in [5.74, 6) is -0.696. The Bertz CT molecular complexity index is 1370. The normalized spacial score (nSPS) is 18.3. The van der Waals surface area contributed by atoms with E-state index in [2.05, 4.69) is 36.0 Å². The number of rotatable bonds is 5. The number of aromatic nitrogens is 6. The van der Waals surface area contributed by atoms with Crippen molar-refractivity contribution in [2.45, 2.75) is 25.8 Å². The molecule has 12 nitrogen and oxygen atoms in total. The third-order valence-corrected chi connectivity index (χ3v) is 5.82. The number of aryl methyl sites for hydroxylation is 1. The van der Waals surface area contributed by atoms with Crippen LogP contribution < -0.4 is 20.9 Å². The molecule has 1 aliphatic heterocycles. The van der Waals surface area contributed by atoms with Crippen LogP contribution in [-0.2, 0) is 11.8 Å². The zero-order valence-electron chi connectivity index (χ0n) is 21.2. The molecule has 0 spiro atoms. The molecular formula is C21H24N10O2. The van der Waals surface area contributed by atoms with Gasteiger partial charge >= 0.3 is 0 Å². The van der Waals surface area contributed by atoms with Crippen molar-refractivity contribution in [2.75, 3.05) is 29.6 Å². The maximum Gasteiger partial charge on any atom is 0.273 e. The highest BCUT2D eigenvalue weighted by atomic mass is 16.2. The van der Waals surface area contributed by atoms with Crippen molar-refractivity contribution in [3.05, 3.63) is 29.7 Å². The van der Waals surface area contributed by atoms with E-state index in [1.165, 1.54) is 10.9 Å². The van der Waals surface area contributed by atoms with Gasteiger partial charge < -0.3 is 20.9 Å². The van der Waals surface area contributed by atoms with Gasteiger partial charge in [-0.2, -0.15) is 15.0 Å². The third-order valence-electron chi connectivity index (χ3n) is 5.82. The van der Waals surface area contributed by atoms with Gasteiger partial charge in [-0.1, -0.05) is 0 Å². The molecule has 170 valence electrons. The van der Waals surface area contributed by atoms with Crippen molar-refractivity contribution in [2.24, 2.45) is 13.0 Å². The number of anilines is 4. The van der Waals surface area contributed by atoms with Crippen LogP contribution in [0.2, 0.25) is 0 Å². The molecule has 5 rings (SSSR count). The number of pyridine rings is 1. The fourth-order valence-corrected chi connectivity index (χ4v) is 3.84. The molecule has 1 fully saturated rings. The minimum absolute atomic E-state index is 0.0686. The van der Waals surface area contributed by atoms with Crippen molar-refractivity contribution in [1.82, 2.24) is 35.5 Å². The first-order valence-corrected chi connectivity index (χ1v) is 10.4. The molecule has 3 aromatic rings. The van der Waals surface area contributed by atoms with Crippen LogP contribution in [0.3, 0.4) is 0 Å². The van der Waals surface area contributed by atoms with Crippen molar-refractivity contribution >= 4 is 34.8 Å². The standard InChI is InChI=1S/C21H24N10O2/c1-10-15-16(29-31(4)28-15)12-7-8-23-19(18(12)30(10)3)24-13-9-14(25-20(32)11-5-6-11)26-27-17(13)21(33)22-2/h7-11H,5-6H2,1-4H3,(H,22,33)(H2,23,24,25,26,32)/t10-/m1/s1/i2D3. The van der Waals surface area contributed by atoms with Crippen LogP contribution in [-0.4, -0.2) is 56.0 Å². The van der Waals surface area contributed by atoms with E-state index in [1.54, 1.807) is 13.2 Å². The molecule has 33 heavy (non-hydrogen) atoms. The van der Waals surface area contributed by atoms with Crippen molar-refractivity contribution in [1.29, 1.82) is 0 Å². The van der Waals surface area contributed by atoms with Crippen molar-refractivity contribution in [3.63, 3.8) is 0 Å². The number of nitrogens with one attached hydrogen (secondary N) is 3. The lowest BCUT2D eigenvalue weighted by Crippen LogP contribution is -2.28. The molecule has 1 aliphatic carbocycles. The highest BCUT2D eigenvalue weighted by Crippen LogP contribution is 2.45. The van der Waals surface area contributed by atoms with Crippen molar-refractivity contribution in [3.8, 4) is 11.3 Å². The minimum Gasteiger partial charge on any atom is -0.363 e. The van der Waals surface area contributed by atoms with E-state index in [-0.39, 0.29) is 35.1 Å². The molecular weight excluding hydrogens is 424 g/mol. The van der Waals surface area contributed by atoms with Gasteiger partial charge in [-0.05, 0) is 25.8 Å². The van der Waals surface area contributed by atoms with Crippen LogP contribution in [0.5, 0.6) is 0 Å². The number of nitrogens with zero attached hydrogens (tertiary/aromatic N) is 7. The Morgan fingerprint density at radius 1 is 1.21 bits per heavy atom. The van der Waals surface area contributed by atoms with Gasteiger partial charge in [-0.15, -0.1) is 10.2 Å². The molecule has 0 unspecified atom stereocenters. The van der Waals surface area contributed by atoms with Crippen LogP contribution in [0.1, 0.15) is 46.1 Å². The Morgan fingerprint density at radius 3 is 2.79 bits per heavy atom. The van der Waals surface area contributed by atoms with Crippen LogP contribution in [0.15, 0.2) is 18.3 Å². The Hall–Kier alpha value is -4.09. The van der Waals surface area contributed by atoms with E-state index in [0.29, 0.717) is 17.2 Å². The molecule has 4 heterocycles. The molecule has 0 radical (unpaired) electrons. The average Bonchev–Trinajstić information content (AvgIpc) is 3.58. The molecule has 0 aromatic carbocycles.